The Hall–Kier alpha value is -2.43. The van der Waals surface area contributed by atoms with Crippen molar-refractivity contribution in [2.75, 3.05) is 11.9 Å². The summed E-state index contributed by atoms with van der Waals surface area (Å²) in [4.78, 5) is 21.2. The molecule has 1 heterocycles. The zero-order valence-electron chi connectivity index (χ0n) is 10.9. The van der Waals surface area contributed by atoms with Crippen LogP contribution in [-0.4, -0.2) is 28.1 Å². The van der Waals surface area contributed by atoms with E-state index in [0.29, 0.717) is 18.1 Å². The Labute approximate surface area is 111 Å². The van der Waals surface area contributed by atoms with E-state index in [4.69, 9.17) is 5.11 Å². The fourth-order valence-corrected chi connectivity index (χ4v) is 1.72. The lowest BCUT2D eigenvalue weighted by molar-refractivity contribution is 0.0697. The van der Waals surface area contributed by atoms with Crippen LogP contribution in [0.1, 0.15) is 21.6 Å². The number of aryl methyl sites for hydroxylation is 1. The molecule has 2 rings (SSSR count). The molecule has 0 spiro atoms. The summed E-state index contributed by atoms with van der Waals surface area (Å²) >= 11 is 0. The van der Waals surface area contributed by atoms with Gasteiger partial charge in [-0.1, -0.05) is 12.1 Å². The van der Waals surface area contributed by atoms with Gasteiger partial charge < -0.3 is 10.0 Å². The second-order valence-electron chi connectivity index (χ2n) is 4.36. The number of aromatic carboxylic acids is 1. The van der Waals surface area contributed by atoms with Crippen LogP contribution in [0.25, 0.3) is 0 Å². The lowest BCUT2D eigenvalue weighted by atomic mass is 10.1. The molecule has 1 aromatic carbocycles. The molecule has 0 aliphatic rings. The zero-order valence-corrected chi connectivity index (χ0v) is 10.9. The van der Waals surface area contributed by atoms with E-state index in [1.807, 2.05) is 24.9 Å². The number of carboxylic acids is 1. The van der Waals surface area contributed by atoms with Crippen molar-refractivity contribution >= 4 is 11.9 Å². The van der Waals surface area contributed by atoms with E-state index in [1.54, 1.807) is 30.5 Å². The third kappa shape index (κ3) is 3.28. The molecule has 5 heteroatoms. The Bertz CT molecular complexity index is 581. The monoisotopic (exact) mass is 257 g/mol. The summed E-state index contributed by atoms with van der Waals surface area (Å²) in [6.45, 7) is 2.55. The number of rotatable bonds is 4. The summed E-state index contributed by atoms with van der Waals surface area (Å²) in [7, 11) is 1.90. The second-order valence-corrected chi connectivity index (χ2v) is 4.36. The predicted octanol–water partition coefficient (Wildman–Crippen LogP) is 2.12. The highest BCUT2D eigenvalue weighted by atomic mass is 16.4. The molecule has 2 aromatic rings. The van der Waals surface area contributed by atoms with Gasteiger partial charge >= 0.3 is 5.97 Å². The second kappa shape index (κ2) is 5.48. The van der Waals surface area contributed by atoms with E-state index in [9.17, 15) is 4.79 Å². The van der Waals surface area contributed by atoms with Crippen LogP contribution in [0.4, 0.5) is 5.95 Å². The van der Waals surface area contributed by atoms with E-state index in [2.05, 4.69) is 9.97 Å². The van der Waals surface area contributed by atoms with Gasteiger partial charge in [0.1, 0.15) is 0 Å². The van der Waals surface area contributed by atoms with Crippen molar-refractivity contribution in [3.05, 3.63) is 53.3 Å². The van der Waals surface area contributed by atoms with Crippen LogP contribution in [0.2, 0.25) is 0 Å². The summed E-state index contributed by atoms with van der Waals surface area (Å²) < 4.78 is 0. The van der Waals surface area contributed by atoms with Gasteiger partial charge in [-0.25, -0.2) is 14.8 Å². The summed E-state index contributed by atoms with van der Waals surface area (Å²) in [5.74, 6) is -0.260. The first-order valence-electron chi connectivity index (χ1n) is 5.89. The van der Waals surface area contributed by atoms with Crippen molar-refractivity contribution in [2.45, 2.75) is 13.5 Å². The van der Waals surface area contributed by atoms with Crippen LogP contribution in [0.3, 0.4) is 0 Å². The Morgan fingerprint density at radius 2 is 1.95 bits per heavy atom. The Morgan fingerprint density at radius 1 is 1.26 bits per heavy atom. The Kier molecular flexibility index (Phi) is 3.75. The number of benzene rings is 1. The van der Waals surface area contributed by atoms with E-state index >= 15 is 0 Å². The summed E-state index contributed by atoms with van der Waals surface area (Å²) in [5, 5.41) is 8.84. The van der Waals surface area contributed by atoms with Gasteiger partial charge in [-0.2, -0.15) is 0 Å². The molecule has 0 saturated heterocycles. The van der Waals surface area contributed by atoms with Crippen LogP contribution in [-0.2, 0) is 6.54 Å². The molecule has 0 atom stereocenters. The highest BCUT2D eigenvalue weighted by Crippen LogP contribution is 2.11. The molecule has 0 amide bonds. The van der Waals surface area contributed by atoms with Crippen molar-refractivity contribution in [3.8, 4) is 0 Å². The maximum Gasteiger partial charge on any atom is 0.335 e. The molecule has 0 bridgehead atoms. The molecule has 0 aliphatic heterocycles. The molecule has 0 saturated carbocycles. The molecule has 0 fully saturated rings. The largest absolute Gasteiger partial charge is 0.478 e. The molecule has 0 radical (unpaired) electrons. The Balaban J connectivity index is 2.10. The molecule has 1 aromatic heterocycles. The van der Waals surface area contributed by atoms with Crippen molar-refractivity contribution in [2.24, 2.45) is 0 Å². The van der Waals surface area contributed by atoms with Crippen LogP contribution in [0.15, 0.2) is 36.5 Å². The van der Waals surface area contributed by atoms with Crippen LogP contribution in [0, 0.1) is 6.92 Å². The highest BCUT2D eigenvalue weighted by Gasteiger charge is 2.06. The molecule has 0 unspecified atom stereocenters. The SMILES string of the molecule is Cc1ccnc(N(C)Cc2ccc(C(=O)O)cc2)n1. The number of nitrogens with zero attached hydrogens (tertiary/aromatic N) is 3. The molecule has 98 valence electrons. The smallest absolute Gasteiger partial charge is 0.335 e. The first-order chi connectivity index (χ1) is 9.06. The molecular formula is C14H15N3O2. The lowest BCUT2D eigenvalue weighted by Gasteiger charge is -2.17. The molecule has 19 heavy (non-hydrogen) atoms. The fourth-order valence-electron chi connectivity index (χ4n) is 1.72. The summed E-state index contributed by atoms with van der Waals surface area (Å²) in [6, 6.07) is 8.65. The van der Waals surface area contributed by atoms with Gasteiger partial charge in [0.15, 0.2) is 0 Å². The van der Waals surface area contributed by atoms with Gasteiger partial charge in [-0.05, 0) is 30.7 Å². The van der Waals surface area contributed by atoms with Crippen LogP contribution in [0.5, 0.6) is 0 Å². The van der Waals surface area contributed by atoms with Crippen molar-refractivity contribution in [1.82, 2.24) is 9.97 Å². The summed E-state index contributed by atoms with van der Waals surface area (Å²) in [6.07, 6.45) is 1.72. The van der Waals surface area contributed by atoms with Crippen molar-refractivity contribution in [3.63, 3.8) is 0 Å². The number of aromatic nitrogens is 2. The maximum atomic E-state index is 10.8. The van der Waals surface area contributed by atoms with E-state index < -0.39 is 5.97 Å². The minimum absolute atomic E-state index is 0.290. The van der Waals surface area contributed by atoms with Crippen LogP contribution >= 0.6 is 0 Å². The standard InChI is InChI=1S/C14H15N3O2/c1-10-7-8-15-14(16-10)17(2)9-11-3-5-12(6-4-11)13(18)19/h3-8H,9H2,1-2H3,(H,18,19). The van der Waals surface area contributed by atoms with Crippen LogP contribution < -0.4 is 4.90 Å². The average Bonchev–Trinajstić information content (AvgIpc) is 2.39. The molecule has 0 aliphatic carbocycles. The van der Waals surface area contributed by atoms with Crippen molar-refractivity contribution in [1.29, 1.82) is 0 Å². The van der Waals surface area contributed by atoms with E-state index in [-0.39, 0.29) is 0 Å². The minimum Gasteiger partial charge on any atom is -0.478 e. The lowest BCUT2D eigenvalue weighted by Crippen LogP contribution is -2.19. The van der Waals surface area contributed by atoms with Gasteiger partial charge in [0, 0.05) is 25.5 Å². The van der Waals surface area contributed by atoms with Gasteiger partial charge in [-0.3, -0.25) is 0 Å². The minimum atomic E-state index is -0.915. The third-order valence-corrected chi connectivity index (χ3v) is 2.74. The predicted molar refractivity (Wildman–Crippen MR) is 72.3 cm³/mol. The number of carboxylic acid groups (broad SMARTS) is 1. The number of hydrogen-bond donors (Lipinski definition) is 1. The van der Waals surface area contributed by atoms with Gasteiger partial charge in [-0.15, -0.1) is 0 Å². The van der Waals surface area contributed by atoms with Gasteiger partial charge in [0.25, 0.3) is 0 Å². The topological polar surface area (TPSA) is 66.3 Å². The van der Waals surface area contributed by atoms with E-state index in [0.717, 1.165) is 11.3 Å². The molecular weight excluding hydrogens is 242 g/mol. The molecule has 1 N–H and O–H groups in total. The first kappa shape index (κ1) is 13.0. The highest BCUT2D eigenvalue weighted by molar-refractivity contribution is 5.87. The number of carbonyl (C=O) groups is 1. The Morgan fingerprint density at radius 3 is 2.53 bits per heavy atom. The quantitative estimate of drug-likeness (QED) is 0.908. The first-order valence-corrected chi connectivity index (χ1v) is 5.89. The number of hydrogen-bond acceptors (Lipinski definition) is 4. The normalized spacial score (nSPS) is 10.2. The third-order valence-electron chi connectivity index (χ3n) is 2.74. The fraction of sp³-hybridized carbons (Fsp3) is 0.214. The van der Waals surface area contributed by atoms with E-state index in [1.165, 1.54) is 0 Å². The van der Waals surface area contributed by atoms with Gasteiger partial charge in [0.2, 0.25) is 5.95 Å². The summed E-state index contributed by atoms with van der Waals surface area (Å²) in [5.41, 5.74) is 2.22. The average molecular weight is 257 g/mol. The maximum absolute atomic E-state index is 10.8. The molecule has 5 nitrogen and oxygen atoms in total. The van der Waals surface area contributed by atoms with Gasteiger partial charge in [0.05, 0.1) is 5.56 Å². The van der Waals surface area contributed by atoms with Crippen molar-refractivity contribution < 1.29 is 9.90 Å². The zero-order chi connectivity index (χ0) is 13.8. The number of anilines is 1.